The van der Waals surface area contributed by atoms with Crippen molar-refractivity contribution in [2.45, 2.75) is 26.1 Å². The number of ether oxygens (including phenoxy) is 4. The predicted molar refractivity (Wildman–Crippen MR) is 223 cm³/mol. The average molecular weight is 820 g/mol. The van der Waals surface area contributed by atoms with Crippen LogP contribution in [0.2, 0.25) is 5.02 Å². The Morgan fingerprint density at radius 1 is 0.897 bits per heavy atom. The third-order valence-electron chi connectivity index (χ3n) is 9.32. The van der Waals surface area contributed by atoms with E-state index in [4.69, 9.17) is 30.5 Å². The van der Waals surface area contributed by atoms with Crippen LogP contribution in [0, 0.1) is 12.7 Å². The van der Waals surface area contributed by atoms with Crippen LogP contribution in [0.4, 0.5) is 4.39 Å². The first-order chi connectivity index (χ1) is 28.1. The topological polar surface area (TPSA) is 129 Å². The maximum atomic E-state index is 14.1. The zero-order valence-corrected chi connectivity index (χ0v) is 33.7. The van der Waals surface area contributed by atoms with E-state index in [-0.39, 0.29) is 24.7 Å². The third-order valence-corrected chi connectivity index (χ3v) is 10.9. The molecule has 3 aromatic heterocycles. The Balaban J connectivity index is 1.21. The molecule has 0 saturated carbocycles. The number of hydrogen-bond donors (Lipinski definition) is 1. The largest absolute Gasteiger partial charge is 0.496 e. The van der Waals surface area contributed by atoms with Gasteiger partial charge in [-0.05, 0) is 85.7 Å². The maximum Gasteiger partial charge on any atom is 0.345 e. The fraction of sp³-hybridized carbons (Fsp3) is 0.205. The number of rotatable bonds is 16. The summed E-state index contributed by atoms with van der Waals surface area (Å²) >= 11 is 8.29. The predicted octanol–water partition coefficient (Wildman–Crippen LogP) is 9.19. The molecule has 0 aliphatic heterocycles. The van der Waals surface area contributed by atoms with E-state index in [0.717, 1.165) is 27.1 Å². The normalized spacial score (nSPS) is 11.8. The molecule has 0 aliphatic rings. The number of methoxy groups -OCH3 is 1. The van der Waals surface area contributed by atoms with Gasteiger partial charge in [0.25, 0.3) is 0 Å². The summed E-state index contributed by atoms with van der Waals surface area (Å²) in [6, 6.07) is 26.3. The zero-order valence-electron chi connectivity index (χ0n) is 32.1. The fourth-order valence-corrected chi connectivity index (χ4v) is 7.72. The molecule has 14 heteroatoms. The molecule has 0 spiro atoms. The van der Waals surface area contributed by atoms with Gasteiger partial charge < -0.3 is 29.0 Å². The highest BCUT2D eigenvalue weighted by molar-refractivity contribution is 7.22. The fourth-order valence-electron chi connectivity index (χ4n) is 6.35. The van der Waals surface area contributed by atoms with Crippen LogP contribution in [-0.4, -0.2) is 76.4 Å². The highest BCUT2D eigenvalue weighted by Gasteiger charge is 2.28. The molecule has 1 atom stereocenters. The van der Waals surface area contributed by atoms with Crippen LogP contribution in [0.5, 0.6) is 23.1 Å². The standard InChI is InChI=1S/C44H39ClFN5O6S/c1-26-31(17-18-35(39(26)45)55-22-21-51(2)3)37-38-42(48-25-49-43(38)58-40(37)27-13-15-29(46)16-14-27)57-36(44(52)53)23-28-9-5-7-11-33(28)56-24-30-19-20-47-41(50-30)32-10-6-8-12-34(32)54-4/h5-20,25,36H,21-24H2,1-4H3,(H,52,53)/t36-/m1/s1. The van der Waals surface area contributed by atoms with E-state index in [2.05, 4.69) is 19.9 Å². The molecule has 58 heavy (non-hydrogen) atoms. The quantitative estimate of drug-likeness (QED) is 0.100. The second-order valence-electron chi connectivity index (χ2n) is 13.5. The van der Waals surface area contributed by atoms with Gasteiger partial charge >= 0.3 is 5.97 Å². The SMILES string of the molecule is COc1ccccc1-c1nccc(COc2ccccc2C[C@@H](Oc2ncnc3sc(-c4ccc(F)cc4)c(-c4ccc(OCCN(C)C)c(Cl)c4C)c23)C(=O)O)n1. The Labute approximate surface area is 343 Å². The Morgan fingerprint density at radius 3 is 2.41 bits per heavy atom. The Hall–Kier alpha value is -6.15. The van der Waals surface area contributed by atoms with Gasteiger partial charge in [0.1, 0.15) is 47.4 Å². The highest BCUT2D eigenvalue weighted by atomic mass is 35.5. The van der Waals surface area contributed by atoms with E-state index < -0.39 is 12.1 Å². The first-order valence-corrected chi connectivity index (χ1v) is 19.5. The van der Waals surface area contributed by atoms with Crippen LogP contribution in [0.3, 0.4) is 0 Å². The molecule has 0 bridgehead atoms. The summed E-state index contributed by atoms with van der Waals surface area (Å²) in [5, 5.41) is 11.5. The van der Waals surface area contributed by atoms with Gasteiger partial charge in [-0.1, -0.05) is 60.1 Å². The second kappa shape index (κ2) is 18.0. The first-order valence-electron chi connectivity index (χ1n) is 18.3. The van der Waals surface area contributed by atoms with Crippen molar-refractivity contribution < 1.29 is 33.2 Å². The number of likely N-dealkylation sites (N-methyl/N-ethyl adjacent to an activating group) is 1. The van der Waals surface area contributed by atoms with Crippen molar-refractivity contribution in [3.05, 3.63) is 131 Å². The van der Waals surface area contributed by atoms with Crippen molar-refractivity contribution >= 4 is 39.1 Å². The molecule has 0 saturated heterocycles. The molecule has 4 aromatic carbocycles. The van der Waals surface area contributed by atoms with Gasteiger partial charge in [-0.3, -0.25) is 0 Å². The minimum absolute atomic E-state index is 0.0542. The molecule has 0 radical (unpaired) electrons. The summed E-state index contributed by atoms with van der Waals surface area (Å²) in [7, 11) is 5.51. The van der Waals surface area contributed by atoms with E-state index in [1.54, 1.807) is 55.8 Å². The van der Waals surface area contributed by atoms with Crippen molar-refractivity contribution in [3.63, 3.8) is 0 Å². The lowest BCUT2D eigenvalue weighted by Gasteiger charge is -2.19. The second-order valence-corrected chi connectivity index (χ2v) is 14.9. The van der Waals surface area contributed by atoms with E-state index in [0.29, 0.717) is 68.3 Å². The summed E-state index contributed by atoms with van der Waals surface area (Å²) in [5.41, 5.74) is 4.82. The minimum atomic E-state index is -1.38. The molecular formula is C44H39ClFN5O6S. The van der Waals surface area contributed by atoms with Crippen molar-refractivity contribution in [2.24, 2.45) is 0 Å². The number of thiophene rings is 1. The van der Waals surface area contributed by atoms with E-state index in [9.17, 15) is 14.3 Å². The molecule has 3 heterocycles. The van der Waals surface area contributed by atoms with Crippen LogP contribution < -0.4 is 18.9 Å². The molecule has 0 aliphatic carbocycles. The molecule has 0 unspecified atom stereocenters. The van der Waals surface area contributed by atoms with E-state index >= 15 is 0 Å². The summed E-state index contributed by atoms with van der Waals surface area (Å²) in [4.78, 5) is 34.4. The van der Waals surface area contributed by atoms with Crippen LogP contribution in [0.25, 0.3) is 43.2 Å². The number of hydrogen-bond acceptors (Lipinski definition) is 11. The van der Waals surface area contributed by atoms with Crippen LogP contribution in [-0.2, 0) is 17.8 Å². The van der Waals surface area contributed by atoms with Crippen LogP contribution in [0.15, 0.2) is 104 Å². The molecule has 0 fully saturated rings. The van der Waals surface area contributed by atoms with Crippen molar-refractivity contribution in [1.29, 1.82) is 0 Å². The lowest BCUT2D eigenvalue weighted by molar-refractivity contribution is -0.145. The molecule has 11 nitrogen and oxygen atoms in total. The number of carboxylic acid groups (broad SMARTS) is 1. The lowest BCUT2D eigenvalue weighted by atomic mass is 9.96. The van der Waals surface area contributed by atoms with Gasteiger partial charge in [-0.25, -0.2) is 29.1 Å². The van der Waals surface area contributed by atoms with Gasteiger partial charge in [0, 0.05) is 29.6 Å². The Bertz CT molecular complexity index is 2570. The zero-order chi connectivity index (χ0) is 40.8. The molecule has 1 N–H and O–H groups in total. The van der Waals surface area contributed by atoms with Crippen LogP contribution >= 0.6 is 22.9 Å². The summed E-state index contributed by atoms with van der Waals surface area (Å²) in [6.45, 7) is 3.12. The number of para-hydroxylation sites is 2. The number of halogens is 2. The third kappa shape index (κ3) is 8.86. The summed E-state index contributed by atoms with van der Waals surface area (Å²) in [5.74, 6) is 0.621. The van der Waals surface area contributed by atoms with Gasteiger partial charge in [0.2, 0.25) is 12.0 Å². The maximum absolute atomic E-state index is 14.1. The number of aromatic nitrogens is 4. The average Bonchev–Trinajstić information content (AvgIpc) is 3.62. The lowest BCUT2D eigenvalue weighted by Crippen LogP contribution is -2.30. The van der Waals surface area contributed by atoms with Crippen LogP contribution in [0.1, 0.15) is 16.8 Å². The molecular weight excluding hydrogens is 781 g/mol. The molecule has 0 amide bonds. The number of carboxylic acids is 1. The van der Waals surface area contributed by atoms with E-state index in [1.807, 2.05) is 62.3 Å². The number of aliphatic carboxylic acids is 1. The van der Waals surface area contributed by atoms with Gasteiger partial charge in [0.15, 0.2) is 5.82 Å². The number of benzene rings is 4. The molecule has 296 valence electrons. The number of carbonyl (C=O) groups is 1. The summed E-state index contributed by atoms with van der Waals surface area (Å²) in [6.07, 6.45) is 1.56. The minimum Gasteiger partial charge on any atom is -0.496 e. The number of fused-ring (bicyclic) bond motifs is 1. The van der Waals surface area contributed by atoms with Gasteiger partial charge in [0.05, 0.1) is 28.8 Å². The van der Waals surface area contributed by atoms with Crippen molar-refractivity contribution in [3.8, 4) is 56.1 Å². The Kier molecular flexibility index (Phi) is 12.4. The van der Waals surface area contributed by atoms with Gasteiger partial charge in [-0.15, -0.1) is 11.3 Å². The molecule has 7 rings (SSSR count). The Morgan fingerprint density at radius 2 is 1.66 bits per heavy atom. The summed E-state index contributed by atoms with van der Waals surface area (Å²) < 4.78 is 38.2. The number of nitrogens with zero attached hydrogens (tertiary/aromatic N) is 5. The smallest absolute Gasteiger partial charge is 0.345 e. The van der Waals surface area contributed by atoms with E-state index in [1.165, 1.54) is 29.8 Å². The van der Waals surface area contributed by atoms with Gasteiger partial charge in [-0.2, -0.15) is 0 Å². The van der Waals surface area contributed by atoms with Crippen molar-refractivity contribution in [2.75, 3.05) is 34.4 Å². The first kappa shape index (κ1) is 40.1. The highest BCUT2D eigenvalue weighted by Crippen LogP contribution is 2.49. The monoisotopic (exact) mass is 819 g/mol. The molecule has 7 aromatic rings. The van der Waals surface area contributed by atoms with Crippen molar-refractivity contribution in [1.82, 2.24) is 24.8 Å².